The summed E-state index contributed by atoms with van der Waals surface area (Å²) in [5, 5.41) is 5.56. The number of rotatable bonds is 11. The van der Waals surface area contributed by atoms with Crippen LogP contribution in [0.4, 0.5) is 5.69 Å². The van der Waals surface area contributed by atoms with Crippen molar-refractivity contribution in [2.24, 2.45) is 5.92 Å². The second-order valence-corrected chi connectivity index (χ2v) is 10.0. The first-order chi connectivity index (χ1) is 16.6. The Kier molecular flexibility index (Phi) is 8.35. The minimum absolute atomic E-state index is 0.121. The highest BCUT2D eigenvalue weighted by Crippen LogP contribution is 2.32. The van der Waals surface area contributed by atoms with Crippen LogP contribution in [-0.2, 0) is 9.59 Å². The summed E-state index contributed by atoms with van der Waals surface area (Å²) in [6, 6.07) is 4.26. The monoisotopic (exact) mass is 467 g/mol. The second kappa shape index (κ2) is 11.6. The molecule has 1 saturated heterocycles. The molecule has 2 fully saturated rings. The Morgan fingerprint density at radius 2 is 1.59 bits per heavy atom. The molecule has 7 heteroatoms. The summed E-state index contributed by atoms with van der Waals surface area (Å²) in [4.78, 5) is 50.7. The van der Waals surface area contributed by atoms with Gasteiger partial charge in [-0.3, -0.25) is 29.4 Å². The lowest BCUT2D eigenvalue weighted by molar-refractivity contribution is -0.136. The number of carbonyl (C=O) groups excluding carboxylic acids is 4. The predicted octanol–water partition coefficient (Wildman–Crippen LogP) is 4.81. The fourth-order valence-electron chi connectivity index (χ4n) is 5.63. The highest BCUT2D eigenvalue weighted by Gasteiger charge is 2.45. The number of piperidine rings is 1. The van der Waals surface area contributed by atoms with E-state index in [0.717, 1.165) is 30.2 Å². The van der Waals surface area contributed by atoms with Crippen LogP contribution in [0.15, 0.2) is 18.2 Å². The van der Waals surface area contributed by atoms with Crippen molar-refractivity contribution < 1.29 is 19.2 Å². The number of anilines is 1. The molecule has 2 heterocycles. The van der Waals surface area contributed by atoms with Crippen molar-refractivity contribution in [3.05, 3.63) is 29.3 Å². The maximum absolute atomic E-state index is 13.1. The summed E-state index contributed by atoms with van der Waals surface area (Å²) in [6.07, 6.45) is 16.2. The number of fused-ring (bicyclic) bond motifs is 1. The van der Waals surface area contributed by atoms with Gasteiger partial charge in [0.15, 0.2) is 0 Å². The van der Waals surface area contributed by atoms with E-state index < -0.39 is 23.8 Å². The fraction of sp³-hybridized carbons (Fsp3) is 0.630. The summed E-state index contributed by atoms with van der Waals surface area (Å²) in [5.41, 5.74) is 1.29. The van der Waals surface area contributed by atoms with E-state index in [0.29, 0.717) is 16.8 Å². The smallest absolute Gasteiger partial charge is 0.264 e. The molecule has 34 heavy (non-hydrogen) atoms. The molecule has 0 spiro atoms. The molecule has 1 aromatic rings. The number of unbranched alkanes of at least 4 members (excludes halogenated alkanes) is 5. The molecule has 0 bridgehead atoms. The van der Waals surface area contributed by atoms with Crippen molar-refractivity contribution in [1.82, 2.24) is 10.2 Å². The molecule has 1 aliphatic carbocycles. The Morgan fingerprint density at radius 1 is 0.853 bits per heavy atom. The summed E-state index contributed by atoms with van der Waals surface area (Å²) in [6.45, 7) is 0.735. The number of hydrogen-bond donors (Lipinski definition) is 2. The number of hydrogen-bond acceptors (Lipinski definition) is 5. The van der Waals surface area contributed by atoms with Crippen LogP contribution in [-0.4, -0.2) is 41.1 Å². The molecule has 0 radical (unpaired) electrons. The van der Waals surface area contributed by atoms with Gasteiger partial charge in [-0.15, -0.1) is 0 Å². The largest absolute Gasteiger partial charge is 0.384 e. The van der Waals surface area contributed by atoms with E-state index in [9.17, 15) is 19.2 Å². The van der Waals surface area contributed by atoms with Gasteiger partial charge in [0, 0.05) is 18.7 Å². The minimum atomic E-state index is -0.934. The quantitative estimate of drug-likeness (QED) is 0.360. The van der Waals surface area contributed by atoms with Gasteiger partial charge in [-0.2, -0.15) is 0 Å². The van der Waals surface area contributed by atoms with Gasteiger partial charge in [-0.05, 0) is 30.9 Å². The molecule has 4 rings (SSSR count). The molecule has 4 amide bonds. The van der Waals surface area contributed by atoms with Crippen LogP contribution in [0.5, 0.6) is 0 Å². The fourth-order valence-corrected chi connectivity index (χ4v) is 5.63. The van der Waals surface area contributed by atoms with Crippen LogP contribution in [0.2, 0.25) is 0 Å². The van der Waals surface area contributed by atoms with E-state index in [1.165, 1.54) is 64.2 Å². The zero-order chi connectivity index (χ0) is 23.9. The molecule has 3 aliphatic rings. The van der Waals surface area contributed by atoms with E-state index in [4.69, 9.17) is 0 Å². The number of carbonyl (C=O) groups is 4. The number of amides is 4. The van der Waals surface area contributed by atoms with Crippen molar-refractivity contribution >= 4 is 29.3 Å². The van der Waals surface area contributed by atoms with Crippen LogP contribution in [0, 0.1) is 5.92 Å². The van der Waals surface area contributed by atoms with Crippen molar-refractivity contribution in [2.45, 2.75) is 95.9 Å². The Morgan fingerprint density at radius 3 is 2.35 bits per heavy atom. The molecule has 0 aromatic heterocycles. The van der Waals surface area contributed by atoms with Crippen LogP contribution in [0.1, 0.15) is 111 Å². The Bertz CT molecular complexity index is 922. The van der Waals surface area contributed by atoms with Gasteiger partial charge in [-0.25, -0.2) is 0 Å². The number of imide groups is 2. The number of nitrogens with zero attached hydrogens (tertiary/aromatic N) is 1. The first kappa shape index (κ1) is 24.4. The number of benzene rings is 1. The van der Waals surface area contributed by atoms with E-state index >= 15 is 0 Å². The van der Waals surface area contributed by atoms with Gasteiger partial charge in [0.2, 0.25) is 11.8 Å². The lowest BCUT2D eigenvalue weighted by Crippen LogP contribution is -2.54. The first-order valence-corrected chi connectivity index (χ1v) is 13.1. The van der Waals surface area contributed by atoms with Crippen molar-refractivity contribution in [1.29, 1.82) is 0 Å². The molecule has 2 N–H and O–H groups in total. The van der Waals surface area contributed by atoms with Gasteiger partial charge >= 0.3 is 0 Å². The van der Waals surface area contributed by atoms with E-state index in [-0.39, 0.29) is 18.7 Å². The predicted molar refractivity (Wildman–Crippen MR) is 130 cm³/mol. The normalized spacial score (nSPS) is 21.1. The second-order valence-electron chi connectivity index (χ2n) is 10.0. The van der Waals surface area contributed by atoms with Gasteiger partial charge in [0.1, 0.15) is 6.04 Å². The van der Waals surface area contributed by atoms with Gasteiger partial charge in [-0.1, -0.05) is 76.7 Å². The SMILES string of the molecule is O=C1CCC(N2C(=O)c3cccc(NCCCCCCCCC4CCCCC4)c3C2=O)C(=O)N1. The van der Waals surface area contributed by atoms with Crippen LogP contribution >= 0.6 is 0 Å². The summed E-state index contributed by atoms with van der Waals surface area (Å²) in [7, 11) is 0. The van der Waals surface area contributed by atoms with Crippen molar-refractivity contribution in [3.63, 3.8) is 0 Å². The van der Waals surface area contributed by atoms with Crippen molar-refractivity contribution in [3.8, 4) is 0 Å². The molecule has 1 atom stereocenters. The molecule has 1 aromatic carbocycles. The Labute approximate surface area is 202 Å². The Hall–Kier alpha value is -2.70. The summed E-state index contributed by atoms with van der Waals surface area (Å²) in [5.74, 6) is -0.906. The zero-order valence-corrected chi connectivity index (χ0v) is 20.1. The highest BCUT2D eigenvalue weighted by atomic mass is 16.2. The van der Waals surface area contributed by atoms with E-state index in [1.54, 1.807) is 12.1 Å². The topological polar surface area (TPSA) is 95.6 Å². The third-order valence-corrected chi connectivity index (χ3v) is 7.55. The molecular weight excluding hydrogens is 430 g/mol. The third-order valence-electron chi connectivity index (χ3n) is 7.55. The van der Waals surface area contributed by atoms with Crippen LogP contribution in [0.25, 0.3) is 0 Å². The standard InChI is InChI=1S/C27H37N3O4/c31-23-17-16-22(25(32)29-23)30-26(33)20-14-10-15-21(24(20)27(30)34)28-18-9-4-2-1-3-6-11-19-12-7-5-8-13-19/h10,14-15,19,22,28H,1-9,11-13,16-18H2,(H,29,31,32). The summed E-state index contributed by atoms with van der Waals surface area (Å²) < 4.78 is 0. The molecule has 7 nitrogen and oxygen atoms in total. The molecule has 184 valence electrons. The van der Waals surface area contributed by atoms with E-state index in [2.05, 4.69) is 10.6 Å². The third kappa shape index (κ3) is 5.68. The minimum Gasteiger partial charge on any atom is -0.384 e. The maximum atomic E-state index is 13.1. The van der Waals surface area contributed by atoms with E-state index in [1.807, 2.05) is 6.07 Å². The zero-order valence-electron chi connectivity index (χ0n) is 20.1. The lowest BCUT2D eigenvalue weighted by Gasteiger charge is -2.27. The highest BCUT2D eigenvalue weighted by molar-refractivity contribution is 6.25. The lowest BCUT2D eigenvalue weighted by atomic mass is 9.85. The van der Waals surface area contributed by atoms with Gasteiger partial charge in [0.05, 0.1) is 11.1 Å². The van der Waals surface area contributed by atoms with Gasteiger partial charge in [0.25, 0.3) is 11.8 Å². The summed E-state index contributed by atoms with van der Waals surface area (Å²) >= 11 is 0. The first-order valence-electron chi connectivity index (χ1n) is 13.1. The molecule has 1 saturated carbocycles. The molecular formula is C27H37N3O4. The number of nitrogens with one attached hydrogen (secondary N) is 2. The van der Waals surface area contributed by atoms with Gasteiger partial charge < -0.3 is 5.32 Å². The van der Waals surface area contributed by atoms with Crippen molar-refractivity contribution in [2.75, 3.05) is 11.9 Å². The van der Waals surface area contributed by atoms with Crippen LogP contribution in [0.3, 0.4) is 0 Å². The molecule has 1 unspecified atom stereocenters. The average molecular weight is 468 g/mol. The average Bonchev–Trinajstić information content (AvgIpc) is 3.09. The molecule has 2 aliphatic heterocycles. The maximum Gasteiger partial charge on any atom is 0.264 e. The van der Waals surface area contributed by atoms with Crippen LogP contribution < -0.4 is 10.6 Å². The Balaban J connectivity index is 1.20.